The minimum Gasteiger partial charge on any atom is -0.354 e. The first-order valence-corrected chi connectivity index (χ1v) is 7.64. The van der Waals surface area contributed by atoms with Gasteiger partial charge in [-0.05, 0) is 65.2 Å². The Morgan fingerprint density at radius 3 is 2.50 bits per heavy atom. The second-order valence-corrected chi connectivity index (χ2v) is 5.72. The lowest BCUT2D eigenvalue weighted by Crippen LogP contribution is -1.94. The third-order valence-electron chi connectivity index (χ3n) is 2.48. The highest BCUT2D eigenvalue weighted by Gasteiger charge is 2.07. The van der Waals surface area contributed by atoms with Gasteiger partial charge in [-0.1, -0.05) is 6.07 Å². The normalized spacial score (nSPS) is 9.83. The average Bonchev–Trinajstić information content (AvgIpc) is 2.41. The van der Waals surface area contributed by atoms with E-state index in [-0.39, 0.29) is 0 Å². The first kappa shape index (κ1) is 13.2. The smallest absolute Gasteiger partial charge is 0.103 e. The summed E-state index contributed by atoms with van der Waals surface area (Å²) in [5, 5.41) is 12.5. The Balaban J connectivity index is 2.35. The van der Waals surface area contributed by atoms with Crippen LogP contribution in [-0.2, 0) is 0 Å². The Labute approximate surface area is 125 Å². The van der Waals surface area contributed by atoms with Crippen molar-refractivity contribution >= 4 is 45.7 Å². The van der Waals surface area contributed by atoms with Crippen LogP contribution in [0.2, 0.25) is 0 Å². The summed E-state index contributed by atoms with van der Waals surface area (Å²) in [5.74, 6) is 0. The largest absolute Gasteiger partial charge is 0.354 e. The fraction of sp³-hybridized carbons (Fsp3) is 0.0714. The van der Waals surface area contributed by atoms with Crippen LogP contribution >= 0.6 is 34.4 Å². The molecule has 0 aliphatic carbocycles. The van der Waals surface area contributed by atoms with Crippen LogP contribution < -0.4 is 5.32 Å². The molecule has 0 spiro atoms. The van der Waals surface area contributed by atoms with Crippen LogP contribution in [0.4, 0.5) is 11.4 Å². The lowest BCUT2D eigenvalue weighted by molar-refractivity contribution is 1.36. The summed E-state index contributed by atoms with van der Waals surface area (Å²) in [6, 6.07) is 16.2. The molecule has 2 aromatic carbocycles. The number of nitriles is 1. The first-order chi connectivity index (χ1) is 8.74. The van der Waals surface area contributed by atoms with E-state index in [9.17, 15) is 5.26 Å². The summed E-state index contributed by atoms with van der Waals surface area (Å²) >= 11 is 3.85. The van der Waals surface area contributed by atoms with Crippen LogP contribution in [0.1, 0.15) is 5.56 Å². The number of nitrogens with zero attached hydrogens (tertiary/aromatic N) is 1. The van der Waals surface area contributed by atoms with Gasteiger partial charge in [0.25, 0.3) is 0 Å². The molecule has 0 unspecified atom stereocenters. The minimum absolute atomic E-state index is 0.698. The van der Waals surface area contributed by atoms with E-state index in [1.807, 2.05) is 48.7 Å². The van der Waals surface area contributed by atoms with Gasteiger partial charge < -0.3 is 5.32 Å². The summed E-state index contributed by atoms with van der Waals surface area (Å²) < 4.78 is 1.19. The third-order valence-corrected chi connectivity index (χ3v) is 3.98. The molecule has 0 saturated carbocycles. The molecular formula is C14H11IN2S. The summed E-state index contributed by atoms with van der Waals surface area (Å²) in [6.45, 7) is 0. The molecule has 0 radical (unpaired) electrons. The Morgan fingerprint density at radius 1 is 1.17 bits per heavy atom. The van der Waals surface area contributed by atoms with Crippen LogP contribution in [0.25, 0.3) is 0 Å². The van der Waals surface area contributed by atoms with Crippen molar-refractivity contribution in [3.63, 3.8) is 0 Å². The van der Waals surface area contributed by atoms with E-state index < -0.39 is 0 Å². The second-order valence-electron chi connectivity index (χ2n) is 3.63. The zero-order chi connectivity index (χ0) is 13.0. The quantitative estimate of drug-likeness (QED) is 0.636. The van der Waals surface area contributed by atoms with Crippen molar-refractivity contribution in [2.75, 3.05) is 11.6 Å². The summed E-state index contributed by atoms with van der Waals surface area (Å²) in [6.07, 6.45) is 1.98. The number of anilines is 2. The van der Waals surface area contributed by atoms with Gasteiger partial charge in [0, 0.05) is 14.2 Å². The second kappa shape index (κ2) is 6.12. The predicted molar refractivity (Wildman–Crippen MR) is 85.4 cm³/mol. The average molecular weight is 366 g/mol. The summed E-state index contributed by atoms with van der Waals surface area (Å²) in [7, 11) is 0. The Hall–Kier alpha value is -1.19. The fourth-order valence-corrected chi connectivity index (χ4v) is 2.54. The molecule has 0 heterocycles. The molecule has 0 fully saturated rings. The molecule has 0 saturated heterocycles. The molecule has 0 atom stereocenters. The number of nitrogens with one attached hydrogen (secondary N) is 1. The number of benzene rings is 2. The molecule has 0 bridgehead atoms. The zero-order valence-electron chi connectivity index (χ0n) is 9.77. The van der Waals surface area contributed by atoms with Crippen LogP contribution in [-0.4, -0.2) is 6.26 Å². The van der Waals surface area contributed by atoms with Crippen molar-refractivity contribution < 1.29 is 0 Å². The van der Waals surface area contributed by atoms with E-state index in [1.54, 1.807) is 11.8 Å². The van der Waals surface area contributed by atoms with Crippen molar-refractivity contribution in [2.24, 2.45) is 0 Å². The SMILES string of the molecule is CSc1cccc(Nc2ccc(I)cc2)c1C#N. The van der Waals surface area contributed by atoms with Crippen LogP contribution in [0.15, 0.2) is 47.4 Å². The van der Waals surface area contributed by atoms with E-state index in [0.717, 1.165) is 16.3 Å². The van der Waals surface area contributed by atoms with E-state index >= 15 is 0 Å². The number of thioether (sulfide) groups is 1. The molecule has 18 heavy (non-hydrogen) atoms. The Kier molecular flexibility index (Phi) is 4.50. The first-order valence-electron chi connectivity index (χ1n) is 5.34. The maximum Gasteiger partial charge on any atom is 0.103 e. The zero-order valence-corrected chi connectivity index (χ0v) is 12.7. The Bertz CT molecular complexity index is 588. The lowest BCUT2D eigenvalue weighted by Gasteiger charge is -2.10. The molecule has 0 aromatic heterocycles. The number of hydrogen-bond donors (Lipinski definition) is 1. The molecule has 2 rings (SSSR count). The highest BCUT2D eigenvalue weighted by atomic mass is 127. The van der Waals surface area contributed by atoms with E-state index in [0.29, 0.717) is 5.56 Å². The van der Waals surface area contributed by atoms with Crippen LogP contribution in [0.5, 0.6) is 0 Å². The lowest BCUT2D eigenvalue weighted by atomic mass is 10.2. The van der Waals surface area contributed by atoms with Crippen molar-refractivity contribution in [3.05, 3.63) is 51.6 Å². The van der Waals surface area contributed by atoms with Gasteiger partial charge in [0.15, 0.2) is 0 Å². The van der Waals surface area contributed by atoms with E-state index in [1.165, 1.54) is 3.57 Å². The number of rotatable bonds is 3. The fourth-order valence-electron chi connectivity index (χ4n) is 1.61. The monoisotopic (exact) mass is 366 g/mol. The van der Waals surface area contributed by atoms with E-state index in [4.69, 9.17) is 0 Å². The molecule has 0 aliphatic heterocycles. The van der Waals surface area contributed by atoms with Gasteiger partial charge in [-0.3, -0.25) is 0 Å². The van der Waals surface area contributed by atoms with Crippen molar-refractivity contribution in [1.82, 2.24) is 0 Å². The standard InChI is InChI=1S/C14H11IN2S/c1-18-14-4-2-3-13(12(14)9-16)17-11-7-5-10(15)6-8-11/h2-8,17H,1H3. The molecule has 2 aromatic rings. The molecule has 1 N–H and O–H groups in total. The summed E-state index contributed by atoms with van der Waals surface area (Å²) in [5.41, 5.74) is 2.54. The maximum absolute atomic E-state index is 9.25. The molecule has 2 nitrogen and oxygen atoms in total. The van der Waals surface area contributed by atoms with Gasteiger partial charge in [-0.25, -0.2) is 0 Å². The molecular weight excluding hydrogens is 355 g/mol. The predicted octanol–water partition coefficient (Wildman–Crippen LogP) is 4.63. The minimum atomic E-state index is 0.698. The van der Waals surface area contributed by atoms with Crippen LogP contribution in [0.3, 0.4) is 0 Å². The highest BCUT2D eigenvalue weighted by Crippen LogP contribution is 2.28. The van der Waals surface area contributed by atoms with Crippen molar-refractivity contribution in [1.29, 1.82) is 5.26 Å². The highest BCUT2D eigenvalue weighted by molar-refractivity contribution is 14.1. The summed E-state index contributed by atoms with van der Waals surface area (Å²) in [4.78, 5) is 0.994. The molecule has 4 heteroatoms. The van der Waals surface area contributed by atoms with Gasteiger partial charge in [0.1, 0.15) is 6.07 Å². The number of halogens is 1. The van der Waals surface area contributed by atoms with Gasteiger partial charge in [-0.2, -0.15) is 5.26 Å². The third kappa shape index (κ3) is 2.98. The topological polar surface area (TPSA) is 35.8 Å². The Morgan fingerprint density at radius 2 is 1.89 bits per heavy atom. The molecule has 0 aliphatic rings. The maximum atomic E-state index is 9.25. The van der Waals surface area contributed by atoms with Crippen molar-refractivity contribution in [2.45, 2.75) is 4.90 Å². The molecule has 0 amide bonds. The van der Waals surface area contributed by atoms with Crippen molar-refractivity contribution in [3.8, 4) is 6.07 Å². The van der Waals surface area contributed by atoms with Gasteiger partial charge in [0.05, 0.1) is 11.3 Å². The van der Waals surface area contributed by atoms with E-state index in [2.05, 4.69) is 34.0 Å². The van der Waals surface area contributed by atoms with Gasteiger partial charge in [-0.15, -0.1) is 11.8 Å². The number of hydrogen-bond acceptors (Lipinski definition) is 3. The molecule has 90 valence electrons. The van der Waals surface area contributed by atoms with Gasteiger partial charge >= 0.3 is 0 Å². The van der Waals surface area contributed by atoms with Gasteiger partial charge in [0.2, 0.25) is 0 Å². The van der Waals surface area contributed by atoms with Crippen LogP contribution in [0, 0.1) is 14.9 Å².